The molecule has 0 amide bonds. The van der Waals surface area contributed by atoms with Crippen LogP contribution in [-0.4, -0.2) is 7.15 Å². The smallest absolute Gasteiger partial charge is 0.0785 e. The summed E-state index contributed by atoms with van der Waals surface area (Å²) in [4.78, 5) is 0. The fraction of sp³-hybridized carbons (Fsp3) is 1.00. The number of hydrogen-bond acceptors (Lipinski definition) is 0. The molecule has 28 valence electrons. The summed E-state index contributed by atoms with van der Waals surface area (Å²) >= 11 is 0. The van der Waals surface area contributed by atoms with E-state index < -0.39 is 7.15 Å². The summed E-state index contributed by atoms with van der Waals surface area (Å²) in [5.74, 6) is 0. The van der Waals surface area contributed by atoms with Gasteiger partial charge in [0.05, 0.1) is 8.52 Å². The maximum atomic E-state index is 9.96. The third kappa shape index (κ3) is 341. The molecule has 0 aromatic carbocycles. The van der Waals surface area contributed by atoms with Gasteiger partial charge in [-0.1, -0.05) is 13.8 Å². The van der Waals surface area contributed by atoms with Crippen LogP contribution >= 0.6 is 0 Å². The van der Waals surface area contributed by atoms with Gasteiger partial charge in [0.1, 0.15) is 0 Å². The molecule has 0 aromatic heterocycles. The Morgan fingerprint density at radius 3 is 1.75 bits per heavy atom. The van der Waals surface area contributed by atoms with Crippen LogP contribution in [0.4, 0.5) is 4.39 Å². The van der Waals surface area contributed by atoms with Crippen LogP contribution in [0.2, 0.25) is 0 Å². The Balaban J connectivity index is 0. The Bertz CT molecular complexity index is 6.85. The molecule has 0 aliphatic rings. The van der Waals surface area contributed by atoms with E-state index in [0.29, 0.717) is 0 Å². The first kappa shape index (κ1) is 3.93. The summed E-state index contributed by atoms with van der Waals surface area (Å²) in [6, 6.07) is 0. The maximum Gasteiger partial charge on any atom is 0.0785 e. The molecule has 1 heteroatoms. The molecule has 0 saturated heterocycles. The zero-order valence-corrected chi connectivity index (χ0v) is 3.09. The number of halogens is 1. The van der Waals surface area contributed by atoms with E-state index in [0.717, 1.165) is 0 Å². The van der Waals surface area contributed by atoms with Crippen molar-refractivity contribution in [1.82, 2.24) is 0 Å². The van der Waals surface area contributed by atoms with Crippen LogP contribution in [0.25, 0.3) is 0 Å². The van der Waals surface area contributed by atoms with Crippen LogP contribution in [-0.2, 0) is 0 Å². The minimum atomic E-state index is -1.00. The topological polar surface area (TPSA) is 0 Å². The molecule has 0 aliphatic heterocycles. The van der Waals surface area contributed by atoms with E-state index in [1.165, 1.54) is 0 Å². The average Bonchev–Trinajstić information content (AvgIpc) is 1.46. The first-order valence-corrected chi connectivity index (χ1v) is 1.27. The molecule has 4 heavy (non-hydrogen) atoms. The van der Waals surface area contributed by atoms with Crippen LogP contribution in [0.3, 0.4) is 0 Å². The molecule has 0 spiro atoms. The summed E-state index contributed by atoms with van der Waals surface area (Å²) in [6.07, 6.45) is 0. The van der Waals surface area contributed by atoms with Crippen molar-refractivity contribution >= 4 is 0 Å². The van der Waals surface area contributed by atoms with E-state index in [1.54, 1.807) is 0 Å². The summed E-state index contributed by atoms with van der Waals surface area (Å²) in [7, 11) is -1.00. The Hall–Kier alpha value is -0.0700. The van der Waals surface area contributed by atoms with Gasteiger partial charge in [-0.25, -0.2) is 0 Å². The summed E-state index contributed by atoms with van der Waals surface area (Å²) < 4.78 is 15.5. The van der Waals surface area contributed by atoms with Crippen molar-refractivity contribution in [3.05, 3.63) is 0 Å². The van der Waals surface area contributed by atoms with Crippen molar-refractivity contribution in [3.8, 4) is 0 Å². The van der Waals surface area contributed by atoms with Crippen LogP contribution < -0.4 is 0 Å². The highest BCUT2D eigenvalue weighted by Crippen LogP contribution is 1.16. The number of hydrogen-bond donors (Lipinski definition) is 0. The first-order chi connectivity index (χ1) is 2.41. The predicted molar refractivity (Wildman–Crippen MR) is 18.4 cm³/mol. The van der Waals surface area contributed by atoms with E-state index in [1.807, 2.05) is 13.8 Å². The van der Waals surface area contributed by atoms with Gasteiger partial charge in [0.25, 0.3) is 0 Å². The van der Waals surface area contributed by atoms with Gasteiger partial charge in [0, 0.05) is 0 Å². The molecule has 0 atom stereocenters. The summed E-state index contributed by atoms with van der Waals surface area (Å²) in [5.41, 5.74) is 0. The maximum absolute atomic E-state index is 9.96. The molecule has 0 nitrogen and oxygen atoms in total. The minimum absolute atomic E-state index is 1.00. The Kier molecular flexibility index (Phi) is 2190. The van der Waals surface area contributed by atoms with Gasteiger partial charge < -0.3 is 0 Å². The molecular weight excluding hydrogens is 55.0 g/mol. The molecule has 0 heterocycles. The normalized spacial score (nSPS) is 6.25. The Labute approximate surface area is 28.0 Å². The van der Waals surface area contributed by atoms with Gasteiger partial charge in [-0.05, 0) is 0 Å². The quantitative estimate of drug-likeness (QED) is 0.402. The molecular formula is C3H9F. The van der Waals surface area contributed by atoms with Crippen molar-refractivity contribution in [3.63, 3.8) is 0 Å². The summed E-state index contributed by atoms with van der Waals surface area (Å²) in [5, 5.41) is 0. The fourth-order valence-corrected chi connectivity index (χ4v) is 0. The van der Waals surface area contributed by atoms with Crippen LogP contribution in [0, 0.1) is 0 Å². The lowest BCUT2D eigenvalue weighted by Gasteiger charge is -1.10. The zero-order chi connectivity index (χ0) is 4.71. The highest BCUT2D eigenvalue weighted by Gasteiger charge is 0.932. The second kappa shape index (κ2) is 2230. The van der Waals surface area contributed by atoms with E-state index in [2.05, 4.69) is 0 Å². The fourth-order valence-electron chi connectivity index (χ4n) is 0. The molecule has 0 unspecified atom stereocenters. The molecule has 0 fully saturated rings. The van der Waals surface area contributed by atoms with Crippen molar-refractivity contribution in [1.29, 1.82) is 0 Å². The lowest BCUT2D eigenvalue weighted by atomic mass is 11.0. The molecule has 0 radical (unpaired) electrons. The lowest BCUT2D eigenvalue weighted by Crippen LogP contribution is -0.939. The van der Waals surface area contributed by atoms with E-state index in [9.17, 15) is 4.39 Å². The van der Waals surface area contributed by atoms with Gasteiger partial charge in [-0.15, -0.1) is 0 Å². The highest BCUT2D eigenvalue weighted by atomic mass is 19.1. The van der Waals surface area contributed by atoms with Gasteiger partial charge in [-0.3, -0.25) is 4.39 Å². The highest BCUT2D eigenvalue weighted by molar-refractivity contribution is 3.50. The first-order valence-electron chi connectivity index (χ1n) is 1.97. The molecule has 0 rings (SSSR count). The van der Waals surface area contributed by atoms with E-state index >= 15 is 0 Å². The van der Waals surface area contributed by atoms with Crippen molar-refractivity contribution < 1.29 is 5.76 Å². The molecule has 0 bridgehead atoms. The second-order valence-electron chi connectivity index (χ2n) is 0. The third-order valence-electron chi connectivity index (χ3n) is 0. The van der Waals surface area contributed by atoms with E-state index in [4.69, 9.17) is 1.37 Å². The second-order valence-corrected chi connectivity index (χ2v) is 0. The minimum Gasteiger partial charge on any atom is -0.255 e. The average molecular weight is 65.1 g/mol. The monoisotopic (exact) mass is 65.1 g/mol. The van der Waals surface area contributed by atoms with E-state index in [-0.39, 0.29) is 0 Å². The summed E-state index contributed by atoms with van der Waals surface area (Å²) in [6.45, 7) is 4.00. The van der Waals surface area contributed by atoms with Gasteiger partial charge in [0.15, 0.2) is 0 Å². The van der Waals surface area contributed by atoms with Crippen LogP contribution in [0.5, 0.6) is 0 Å². The Morgan fingerprint density at radius 1 is 1.75 bits per heavy atom. The van der Waals surface area contributed by atoms with Crippen LogP contribution in [0.1, 0.15) is 15.2 Å². The standard InChI is InChI=1S/C2H6.CH3F/c2*1-2/h1-2H3;1H3/i;1D. The molecule has 0 aliphatic carbocycles. The zero-order valence-electron chi connectivity index (χ0n) is 4.09. The molecule has 0 saturated carbocycles. The van der Waals surface area contributed by atoms with Gasteiger partial charge in [-0.2, -0.15) is 0 Å². The van der Waals surface area contributed by atoms with Crippen molar-refractivity contribution in [2.45, 2.75) is 13.8 Å². The van der Waals surface area contributed by atoms with Crippen molar-refractivity contribution in [2.24, 2.45) is 0 Å². The lowest BCUT2D eigenvalue weighted by molar-refractivity contribution is 0.636. The molecule has 0 N–H and O–H groups in total. The molecule has 0 aromatic rings. The van der Waals surface area contributed by atoms with Crippen LogP contribution in [0.15, 0.2) is 0 Å². The number of rotatable bonds is 0. The third-order valence-corrected chi connectivity index (χ3v) is 0. The SMILES string of the molecule is CC.[2H]CF. The van der Waals surface area contributed by atoms with Gasteiger partial charge >= 0.3 is 0 Å². The predicted octanol–water partition coefficient (Wildman–Crippen LogP) is 1.61. The Morgan fingerprint density at radius 2 is 1.75 bits per heavy atom. The number of alkyl halides is 1. The van der Waals surface area contributed by atoms with Crippen molar-refractivity contribution in [2.75, 3.05) is 7.15 Å². The largest absolute Gasteiger partial charge is 0.255 e. The van der Waals surface area contributed by atoms with Gasteiger partial charge in [0.2, 0.25) is 0 Å².